The molecule has 0 heterocycles. The second-order valence-corrected chi connectivity index (χ2v) is 6.33. The highest BCUT2D eigenvalue weighted by Gasteiger charge is 2.22. The Morgan fingerprint density at radius 3 is 2.52 bits per heavy atom. The van der Waals surface area contributed by atoms with Crippen LogP contribution in [0.2, 0.25) is 0 Å². The van der Waals surface area contributed by atoms with Crippen molar-refractivity contribution in [2.45, 2.75) is 37.8 Å². The molecule has 1 aliphatic rings. The van der Waals surface area contributed by atoms with Crippen LogP contribution in [0, 0.1) is 0 Å². The average molecular weight is 282 g/mol. The van der Waals surface area contributed by atoms with Gasteiger partial charge in [0.05, 0.1) is 0 Å². The van der Waals surface area contributed by atoms with Crippen LogP contribution in [-0.4, -0.2) is 31.6 Å². The molecule has 1 atom stereocenters. The predicted octanol–water partition coefficient (Wildman–Crippen LogP) is 3.97. The van der Waals surface area contributed by atoms with Crippen LogP contribution in [0.3, 0.4) is 0 Å². The van der Waals surface area contributed by atoms with Gasteiger partial charge in [0.15, 0.2) is 0 Å². The fraction of sp³-hybridized carbons (Fsp3) is 0.474. The van der Waals surface area contributed by atoms with Crippen molar-refractivity contribution >= 4 is 10.8 Å². The van der Waals surface area contributed by atoms with Crippen molar-refractivity contribution in [3.8, 4) is 0 Å². The first-order chi connectivity index (χ1) is 10.3. The molecule has 1 fully saturated rings. The summed E-state index contributed by atoms with van der Waals surface area (Å²) in [5.74, 6) is 0. The Morgan fingerprint density at radius 2 is 1.81 bits per heavy atom. The molecule has 112 valence electrons. The lowest BCUT2D eigenvalue weighted by Gasteiger charge is -2.29. The van der Waals surface area contributed by atoms with Gasteiger partial charge >= 0.3 is 0 Å². The quantitative estimate of drug-likeness (QED) is 0.892. The average Bonchev–Trinajstić information content (AvgIpc) is 3.06. The molecule has 0 spiro atoms. The lowest BCUT2D eigenvalue weighted by molar-refractivity contribution is 0.222. The molecule has 0 radical (unpaired) electrons. The van der Waals surface area contributed by atoms with Crippen molar-refractivity contribution in [1.82, 2.24) is 10.2 Å². The number of hydrogen-bond donors (Lipinski definition) is 1. The summed E-state index contributed by atoms with van der Waals surface area (Å²) in [7, 11) is 4.35. The van der Waals surface area contributed by atoms with E-state index in [1.165, 1.54) is 42.0 Å². The normalized spacial score (nSPS) is 17.7. The number of nitrogens with one attached hydrogen (secondary N) is 1. The topological polar surface area (TPSA) is 15.3 Å². The monoisotopic (exact) mass is 282 g/mol. The maximum Gasteiger partial charge on any atom is 0.0447 e. The van der Waals surface area contributed by atoms with E-state index < -0.39 is 0 Å². The van der Waals surface area contributed by atoms with Gasteiger partial charge in [-0.05, 0) is 49.3 Å². The molecule has 1 saturated carbocycles. The van der Waals surface area contributed by atoms with Crippen molar-refractivity contribution in [2.75, 3.05) is 20.6 Å². The van der Waals surface area contributed by atoms with Gasteiger partial charge in [0, 0.05) is 18.6 Å². The van der Waals surface area contributed by atoms with E-state index in [0.717, 1.165) is 12.6 Å². The largest absolute Gasteiger partial charge is 0.312 e. The van der Waals surface area contributed by atoms with Crippen LogP contribution in [0.1, 0.15) is 37.3 Å². The zero-order valence-electron chi connectivity index (χ0n) is 13.2. The first-order valence-corrected chi connectivity index (χ1v) is 8.14. The molecule has 1 unspecified atom stereocenters. The molecule has 0 amide bonds. The molecule has 2 nitrogen and oxygen atoms in total. The zero-order valence-corrected chi connectivity index (χ0v) is 13.2. The van der Waals surface area contributed by atoms with Crippen LogP contribution >= 0.6 is 0 Å². The summed E-state index contributed by atoms with van der Waals surface area (Å²) < 4.78 is 0. The molecule has 3 rings (SSSR count). The molecule has 1 N–H and O–H groups in total. The summed E-state index contributed by atoms with van der Waals surface area (Å²) in [6.45, 7) is 1.08. The van der Waals surface area contributed by atoms with Crippen molar-refractivity contribution in [2.24, 2.45) is 0 Å². The third-order valence-electron chi connectivity index (χ3n) is 4.94. The zero-order chi connectivity index (χ0) is 14.7. The van der Waals surface area contributed by atoms with Gasteiger partial charge in [0.2, 0.25) is 0 Å². The number of hydrogen-bond acceptors (Lipinski definition) is 2. The van der Waals surface area contributed by atoms with E-state index in [-0.39, 0.29) is 0 Å². The van der Waals surface area contributed by atoms with Gasteiger partial charge in [-0.25, -0.2) is 0 Å². The fourth-order valence-corrected chi connectivity index (χ4v) is 3.57. The third kappa shape index (κ3) is 3.28. The second kappa shape index (κ2) is 6.59. The van der Waals surface area contributed by atoms with Crippen LogP contribution in [0.15, 0.2) is 42.5 Å². The van der Waals surface area contributed by atoms with Crippen LogP contribution in [0.5, 0.6) is 0 Å². The van der Waals surface area contributed by atoms with Crippen LogP contribution < -0.4 is 5.32 Å². The summed E-state index contributed by atoms with van der Waals surface area (Å²) in [5, 5.41) is 6.15. The van der Waals surface area contributed by atoms with E-state index in [4.69, 9.17) is 0 Å². The molecule has 0 bridgehead atoms. The van der Waals surface area contributed by atoms with Gasteiger partial charge in [-0.15, -0.1) is 0 Å². The molecule has 0 saturated heterocycles. The summed E-state index contributed by atoms with van der Waals surface area (Å²) in [6.07, 6.45) is 5.53. The number of fused-ring (bicyclic) bond motifs is 1. The minimum atomic E-state index is 0.403. The summed E-state index contributed by atoms with van der Waals surface area (Å²) in [6, 6.07) is 16.6. The van der Waals surface area contributed by atoms with Crippen molar-refractivity contribution < 1.29 is 0 Å². The first kappa shape index (κ1) is 14.6. The van der Waals surface area contributed by atoms with Gasteiger partial charge < -0.3 is 10.2 Å². The van der Waals surface area contributed by atoms with E-state index in [9.17, 15) is 0 Å². The Balaban J connectivity index is 1.77. The Labute approximate surface area is 128 Å². The summed E-state index contributed by atoms with van der Waals surface area (Å²) in [4.78, 5) is 2.54. The van der Waals surface area contributed by atoms with Gasteiger partial charge in [-0.1, -0.05) is 49.2 Å². The number of benzene rings is 2. The highest BCUT2D eigenvalue weighted by atomic mass is 15.2. The van der Waals surface area contributed by atoms with Gasteiger partial charge in [0.1, 0.15) is 0 Å². The van der Waals surface area contributed by atoms with E-state index in [0.29, 0.717) is 6.04 Å². The van der Waals surface area contributed by atoms with Crippen molar-refractivity contribution in [3.05, 3.63) is 48.0 Å². The SMILES string of the molecule is CNC(CN(C)C1CCCC1)c1ccc2ccccc2c1. The number of likely N-dealkylation sites (N-methyl/N-ethyl adjacent to an activating group) is 2. The predicted molar refractivity (Wildman–Crippen MR) is 90.6 cm³/mol. The Morgan fingerprint density at radius 1 is 1.10 bits per heavy atom. The third-order valence-corrected chi connectivity index (χ3v) is 4.94. The highest BCUT2D eigenvalue weighted by molar-refractivity contribution is 5.83. The highest BCUT2D eigenvalue weighted by Crippen LogP contribution is 2.25. The lowest BCUT2D eigenvalue weighted by atomic mass is 10.0. The molecule has 21 heavy (non-hydrogen) atoms. The van der Waals surface area contributed by atoms with Crippen LogP contribution in [-0.2, 0) is 0 Å². The van der Waals surface area contributed by atoms with Gasteiger partial charge in [0.25, 0.3) is 0 Å². The minimum absolute atomic E-state index is 0.403. The molecule has 2 heteroatoms. The van der Waals surface area contributed by atoms with Crippen molar-refractivity contribution in [1.29, 1.82) is 0 Å². The minimum Gasteiger partial charge on any atom is -0.312 e. The van der Waals surface area contributed by atoms with Crippen LogP contribution in [0.4, 0.5) is 0 Å². The summed E-state index contributed by atoms with van der Waals surface area (Å²) in [5.41, 5.74) is 1.39. The van der Waals surface area contributed by atoms with Gasteiger partial charge in [-0.2, -0.15) is 0 Å². The van der Waals surface area contributed by atoms with Gasteiger partial charge in [-0.3, -0.25) is 0 Å². The molecule has 1 aliphatic carbocycles. The molecule has 0 aliphatic heterocycles. The standard InChI is InChI=1S/C19H26N2/c1-20-19(14-21(2)18-9-5-6-10-18)17-12-11-15-7-3-4-8-16(15)13-17/h3-4,7-8,11-13,18-20H,5-6,9-10,14H2,1-2H3. The molecule has 2 aromatic carbocycles. The Bertz CT molecular complexity index is 587. The lowest BCUT2D eigenvalue weighted by Crippen LogP contribution is -2.36. The van der Waals surface area contributed by atoms with E-state index in [2.05, 4.69) is 66.8 Å². The maximum absolute atomic E-state index is 3.50. The molecular formula is C19H26N2. The smallest absolute Gasteiger partial charge is 0.0447 e. The second-order valence-electron chi connectivity index (χ2n) is 6.33. The fourth-order valence-electron chi connectivity index (χ4n) is 3.57. The number of rotatable bonds is 5. The Kier molecular flexibility index (Phi) is 4.57. The number of nitrogens with zero attached hydrogens (tertiary/aromatic N) is 1. The van der Waals surface area contributed by atoms with Crippen molar-refractivity contribution in [3.63, 3.8) is 0 Å². The van der Waals surface area contributed by atoms with E-state index in [1.54, 1.807) is 0 Å². The first-order valence-electron chi connectivity index (χ1n) is 8.14. The van der Waals surface area contributed by atoms with E-state index in [1.807, 2.05) is 0 Å². The van der Waals surface area contributed by atoms with Crippen LogP contribution in [0.25, 0.3) is 10.8 Å². The Hall–Kier alpha value is -1.38. The maximum atomic E-state index is 3.50. The molecule has 2 aromatic rings. The summed E-state index contributed by atoms with van der Waals surface area (Å²) >= 11 is 0. The van der Waals surface area contributed by atoms with E-state index >= 15 is 0 Å². The molecule has 0 aromatic heterocycles. The molecular weight excluding hydrogens is 256 g/mol.